The molecule has 0 aliphatic carbocycles. The number of aliphatic hydroxyl groups is 1. The van der Waals surface area contributed by atoms with E-state index in [1.165, 1.54) is 44.2 Å². The number of nitro groups is 1. The van der Waals surface area contributed by atoms with Gasteiger partial charge in [-0.05, 0) is 6.42 Å². The van der Waals surface area contributed by atoms with Gasteiger partial charge >= 0.3 is 10.2 Å². The highest BCUT2D eigenvalue weighted by atomic mass is 32.2. The number of fused-ring (bicyclic) bond motifs is 1. The molecule has 1 atom stereocenters. The van der Waals surface area contributed by atoms with Crippen molar-refractivity contribution in [2.24, 2.45) is 0 Å². The first-order valence-corrected chi connectivity index (χ1v) is 9.67. The van der Waals surface area contributed by atoms with Crippen molar-refractivity contribution in [3.05, 3.63) is 52.1 Å². The number of benzene rings is 1. The van der Waals surface area contributed by atoms with Crippen LogP contribution in [-0.2, 0) is 15.8 Å². The van der Waals surface area contributed by atoms with Crippen LogP contribution in [-0.4, -0.2) is 51.6 Å². The summed E-state index contributed by atoms with van der Waals surface area (Å²) in [5.41, 5.74) is -1.16. The van der Waals surface area contributed by atoms with E-state index in [4.69, 9.17) is 0 Å². The number of thioether (sulfide) groups is 1. The van der Waals surface area contributed by atoms with Crippen LogP contribution in [0.3, 0.4) is 0 Å². The molecule has 1 aromatic heterocycles. The van der Waals surface area contributed by atoms with Gasteiger partial charge < -0.3 is 5.11 Å². The second-order valence-electron chi connectivity index (χ2n) is 5.75. The summed E-state index contributed by atoms with van der Waals surface area (Å²) in [6.07, 6.45) is 2.63. The van der Waals surface area contributed by atoms with Crippen molar-refractivity contribution < 1.29 is 18.4 Å². The molecule has 1 unspecified atom stereocenters. The van der Waals surface area contributed by atoms with Gasteiger partial charge in [0, 0.05) is 37.7 Å². The van der Waals surface area contributed by atoms with Gasteiger partial charge in [0.1, 0.15) is 11.9 Å². The molecule has 0 fully saturated rings. The predicted molar refractivity (Wildman–Crippen MR) is 91.7 cm³/mol. The minimum Gasteiger partial charge on any atom is -0.379 e. The molecule has 11 heteroatoms. The van der Waals surface area contributed by atoms with Gasteiger partial charge in [0.2, 0.25) is 0 Å². The SMILES string of the molecule is CN(C)S(=O)(=O)n1cnc(C2(O)CCSc3c([N+](=O)[O-])cccc32)c1. The van der Waals surface area contributed by atoms with Crippen LogP contribution in [0.4, 0.5) is 5.69 Å². The first-order chi connectivity index (χ1) is 11.7. The van der Waals surface area contributed by atoms with Crippen molar-refractivity contribution in [2.75, 3.05) is 19.8 Å². The van der Waals surface area contributed by atoms with E-state index >= 15 is 0 Å². The average molecular weight is 384 g/mol. The van der Waals surface area contributed by atoms with Crippen LogP contribution in [0.1, 0.15) is 17.7 Å². The van der Waals surface area contributed by atoms with Crippen molar-refractivity contribution in [3.8, 4) is 0 Å². The highest BCUT2D eigenvalue weighted by Gasteiger charge is 2.41. The lowest BCUT2D eigenvalue weighted by molar-refractivity contribution is -0.388. The zero-order chi connectivity index (χ0) is 18.4. The number of imidazole rings is 1. The Kier molecular flexibility index (Phi) is 4.35. The maximum absolute atomic E-state index is 12.2. The second kappa shape index (κ2) is 6.09. The third kappa shape index (κ3) is 2.82. The minimum atomic E-state index is -3.76. The Morgan fingerprint density at radius 3 is 2.80 bits per heavy atom. The summed E-state index contributed by atoms with van der Waals surface area (Å²) in [5, 5.41) is 22.4. The van der Waals surface area contributed by atoms with E-state index in [1.54, 1.807) is 6.07 Å². The highest BCUT2D eigenvalue weighted by Crippen LogP contribution is 2.47. The Bertz CT molecular complexity index is 940. The Morgan fingerprint density at radius 2 is 2.16 bits per heavy atom. The molecule has 0 radical (unpaired) electrons. The monoisotopic (exact) mass is 384 g/mol. The molecule has 0 saturated carbocycles. The lowest BCUT2D eigenvalue weighted by Gasteiger charge is -2.32. The van der Waals surface area contributed by atoms with Gasteiger partial charge in [-0.15, -0.1) is 11.8 Å². The van der Waals surface area contributed by atoms with Crippen LogP contribution in [0.2, 0.25) is 0 Å². The van der Waals surface area contributed by atoms with Gasteiger partial charge in [0.15, 0.2) is 0 Å². The maximum Gasteiger partial charge on any atom is 0.308 e. The molecule has 2 heterocycles. The molecule has 3 rings (SSSR count). The maximum atomic E-state index is 12.2. The number of nitrogens with zero attached hydrogens (tertiary/aromatic N) is 4. The quantitative estimate of drug-likeness (QED) is 0.621. The summed E-state index contributed by atoms with van der Waals surface area (Å²) in [6.45, 7) is 0. The molecule has 134 valence electrons. The van der Waals surface area contributed by atoms with Crippen molar-refractivity contribution in [3.63, 3.8) is 0 Å². The molecule has 9 nitrogen and oxygen atoms in total. The van der Waals surface area contributed by atoms with Gasteiger partial charge in [0.25, 0.3) is 5.69 Å². The van der Waals surface area contributed by atoms with E-state index in [0.29, 0.717) is 16.2 Å². The average Bonchev–Trinajstić information content (AvgIpc) is 3.06. The lowest BCUT2D eigenvalue weighted by Crippen LogP contribution is -2.32. The van der Waals surface area contributed by atoms with E-state index in [-0.39, 0.29) is 17.8 Å². The van der Waals surface area contributed by atoms with Crippen molar-refractivity contribution in [1.82, 2.24) is 13.3 Å². The molecule has 2 aromatic rings. The zero-order valence-corrected chi connectivity index (χ0v) is 15.1. The number of hydrogen-bond acceptors (Lipinski definition) is 7. The van der Waals surface area contributed by atoms with Crippen LogP contribution in [0, 0.1) is 10.1 Å². The Morgan fingerprint density at radius 1 is 1.44 bits per heavy atom. The van der Waals surface area contributed by atoms with Crippen LogP contribution in [0.25, 0.3) is 0 Å². The first-order valence-electron chi connectivity index (χ1n) is 7.28. The molecular formula is C14H16N4O5S2. The van der Waals surface area contributed by atoms with Crippen molar-refractivity contribution >= 4 is 27.7 Å². The smallest absolute Gasteiger partial charge is 0.308 e. The molecular weight excluding hydrogens is 368 g/mol. The first kappa shape index (κ1) is 17.9. The van der Waals surface area contributed by atoms with E-state index < -0.39 is 20.7 Å². The van der Waals surface area contributed by atoms with Crippen LogP contribution < -0.4 is 0 Å². The lowest BCUT2D eigenvalue weighted by atomic mass is 9.87. The molecule has 0 spiro atoms. The topological polar surface area (TPSA) is 119 Å². The van der Waals surface area contributed by atoms with E-state index in [2.05, 4.69) is 4.98 Å². The summed E-state index contributed by atoms with van der Waals surface area (Å²) in [7, 11) is -0.980. The van der Waals surface area contributed by atoms with Gasteiger partial charge in [-0.2, -0.15) is 12.7 Å². The molecule has 25 heavy (non-hydrogen) atoms. The fourth-order valence-electron chi connectivity index (χ4n) is 2.68. The summed E-state index contributed by atoms with van der Waals surface area (Å²) >= 11 is 1.30. The molecule has 1 aromatic carbocycles. The zero-order valence-electron chi connectivity index (χ0n) is 13.5. The van der Waals surface area contributed by atoms with Crippen LogP contribution in [0.5, 0.6) is 0 Å². The van der Waals surface area contributed by atoms with E-state index in [9.17, 15) is 23.6 Å². The fourth-order valence-corrected chi connectivity index (χ4v) is 4.74. The molecule has 1 aliphatic rings. The van der Waals surface area contributed by atoms with Crippen LogP contribution >= 0.6 is 11.8 Å². The third-order valence-electron chi connectivity index (χ3n) is 4.06. The highest BCUT2D eigenvalue weighted by molar-refractivity contribution is 7.99. The Hall–Kier alpha value is -1.95. The second-order valence-corrected chi connectivity index (χ2v) is 8.90. The molecule has 1 N–H and O–H groups in total. The Balaban J connectivity index is 2.13. The molecule has 0 amide bonds. The molecule has 0 saturated heterocycles. The minimum absolute atomic E-state index is 0.0824. The van der Waals surface area contributed by atoms with E-state index in [1.807, 2.05) is 0 Å². The van der Waals surface area contributed by atoms with E-state index in [0.717, 1.165) is 14.6 Å². The van der Waals surface area contributed by atoms with Gasteiger partial charge in [-0.25, -0.2) is 8.96 Å². The summed E-state index contributed by atoms with van der Waals surface area (Å²) in [5.74, 6) is 0.446. The number of hydrogen-bond donors (Lipinski definition) is 1. The normalized spacial score (nSPS) is 20.5. The van der Waals surface area contributed by atoms with Crippen molar-refractivity contribution in [1.29, 1.82) is 0 Å². The largest absolute Gasteiger partial charge is 0.379 e. The number of nitro benzene ring substituents is 1. The van der Waals surface area contributed by atoms with Crippen molar-refractivity contribution in [2.45, 2.75) is 16.9 Å². The van der Waals surface area contributed by atoms with Gasteiger partial charge in [-0.1, -0.05) is 12.1 Å². The standard InChI is InChI=1S/C14H16N4O5S2/c1-16(2)25(22,23)17-8-12(15-9-17)14(19)6-7-24-13-10(14)4-3-5-11(13)18(20)21/h3-5,8-9,19H,6-7H2,1-2H3. The predicted octanol–water partition coefficient (Wildman–Crippen LogP) is 1.18. The number of aromatic nitrogens is 2. The summed E-state index contributed by atoms with van der Waals surface area (Å²) in [6, 6.07) is 4.49. The number of rotatable bonds is 4. The van der Waals surface area contributed by atoms with Crippen LogP contribution in [0.15, 0.2) is 35.6 Å². The van der Waals surface area contributed by atoms with Gasteiger partial charge in [-0.3, -0.25) is 10.1 Å². The summed E-state index contributed by atoms with van der Waals surface area (Å²) in [4.78, 5) is 15.2. The fraction of sp³-hybridized carbons (Fsp3) is 0.357. The van der Waals surface area contributed by atoms with Gasteiger partial charge in [0.05, 0.1) is 15.5 Å². The molecule has 0 bridgehead atoms. The summed E-state index contributed by atoms with van der Waals surface area (Å²) < 4.78 is 26.3. The molecule has 1 aliphatic heterocycles. The Labute approximate surface area is 148 Å². The third-order valence-corrected chi connectivity index (χ3v) is 6.84.